The van der Waals surface area contributed by atoms with Crippen LogP contribution >= 0.6 is 0 Å². The Labute approximate surface area is 102 Å². The van der Waals surface area contributed by atoms with Gasteiger partial charge in [0, 0.05) is 13.0 Å². The van der Waals surface area contributed by atoms with Crippen LogP contribution in [0.15, 0.2) is 30.3 Å². The van der Waals surface area contributed by atoms with Crippen molar-refractivity contribution in [2.24, 2.45) is 0 Å². The summed E-state index contributed by atoms with van der Waals surface area (Å²) >= 11 is 0. The molecule has 1 atom stereocenters. The topological polar surface area (TPSA) is 20.3 Å². The molecule has 1 unspecified atom stereocenters. The van der Waals surface area contributed by atoms with E-state index >= 15 is 0 Å². The third-order valence-corrected chi connectivity index (χ3v) is 3.84. The summed E-state index contributed by atoms with van der Waals surface area (Å²) in [7, 11) is 0. The van der Waals surface area contributed by atoms with Crippen LogP contribution in [0.3, 0.4) is 0 Å². The second-order valence-electron chi connectivity index (χ2n) is 4.99. The van der Waals surface area contributed by atoms with E-state index in [-0.39, 0.29) is 0 Å². The number of fused-ring (bicyclic) bond motifs is 2. The normalized spacial score (nSPS) is 23.6. The van der Waals surface area contributed by atoms with Gasteiger partial charge in [0.25, 0.3) is 0 Å². The number of nitrogens with zero attached hydrogens (tertiary/aromatic N) is 1. The van der Waals surface area contributed by atoms with Crippen molar-refractivity contribution >= 4 is 11.5 Å². The summed E-state index contributed by atoms with van der Waals surface area (Å²) in [6, 6.07) is 8.73. The molecule has 88 valence electrons. The molecule has 1 aromatic rings. The molecule has 0 aromatic heterocycles. The predicted octanol–water partition coefficient (Wildman–Crippen LogP) is 2.98. The molecule has 1 aromatic carbocycles. The summed E-state index contributed by atoms with van der Waals surface area (Å²) in [4.78, 5) is 14.0. The average Bonchev–Trinajstić information content (AvgIpc) is 2.47. The Morgan fingerprint density at radius 3 is 3.00 bits per heavy atom. The smallest absolute Gasteiger partial charge is 0.223 e. The van der Waals surface area contributed by atoms with Crippen molar-refractivity contribution in [3.05, 3.63) is 41.5 Å². The third-order valence-electron chi connectivity index (χ3n) is 3.84. The van der Waals surface area contributed by atoms with Gasteiger partial charge in [0.2, 0.25) is 5.91 Å². The van der Waals surface area contributed by atoms with E-state index in [1.165, 1.54) is 16.7 Å². The van der Waals surface area contributed by atoms with Crippen LogP contribution in [-0.4, -0.2) is 16.8 Å². The number of carbonyl (C=O) groups excluding carboxylic acids is 1. The number of amides is 1. The van der Waals surface area contributed by atoms with Gasteiger partial charge in [-0.3, -0.25) is 4.79 Å². The van der Waals surface area contributed by atoms with E-state index in [9.17, 15) is 4.79 Å². The molecule has 1 fully saturated rings. The molecular weight excluding hydrogens is 210 g/mol. The van der Waals surface area contributed by atoms with Crippen LogP contribution in [0.1, 0.15) is 37.3 Å². The summed E-state index contributed by atoms with van der Waals surface area (Å²) in [5.74, 6) is 0.307. The van der Waals surface area contributed by atoms with E-state index in [0.29, 0.717) is 18.4 Å². The van der Waals surface area contributed by atoms with Gasteiger partial charge in [0.1, 0.15) is 0 Å². The molecule has 0 radical (unpaired) electrons. The van der Waals surface area contributed by atoms with E-state index in [2.05, 4.69) is 37.3 Å². The summed E-state index contributed by atoms with van der Waals surface area (Å²) in [6.07, 6.45) is 5.12. The molecule has 2 aliphatic rings. The van der Waals surface area contributed by atoms with Gasteiger partial charge in [-0.15, -0.1) is 0 Å². The number of rotatable bonds is 0. The maximum Gasteiger partial charge on any atom is 0.223 e. The van der Waals surface area contributed by atoms with Gasteiger partial charge in [-0.2, -0.15) is 0 Å². The molecule has 2 nitrogen and oxygen atoms in total. The van der Waals surface area contributed by atoms with Crippen LogP contribution in [-0.2, 0) is 11.3 Å². The number of piperidine rings is 1. The lowest BCUT2D eigenvalue weighted by atomic mass is 9.99. The van der Waals surface area contributed by atoms with Gasteiger partial charge in [0.05, 0.1) is 6.04 Å². The van der Waals surface area contributed by atoms with Crippen LogP contribution in [0.25, 0.3) is 5.57 Å². The van der Waals surface area contributed by atoms with E-state index in [0.717, 1.165) is 19.4 Å². The predicted molar refractivity (Wildman–Crippen MR) is 68.3 cm³/mol. The van der Waals surface area contributed by atoms with E-state index in [1.54, 1.807) is 0 Å². The highest BCUT2D eigenvalue weighted by Crippen LogP contribution is 2.30. The van der Waals surface area contributed by atoms with Gasteiger partial charge in [-0.1, -0.05) is 30.3 Å². The van der Waals surface area contributed by atoms with Gasteiger partial charge in [0.15, 0.2) is 0 Å². The lowest BCUT2D eigenvalue weighted by molar-refractivity contribution is -0.135. The van der Waals surface area contributed by atoms with Crippen molar-refractivity contribution in [3.8, 4) is 0 Å². The van der Waals surface area contributed by atoms with Crippen molar-refractivity contribution < 1.29 is 4.79 Å². The fraction of sp³-hybridized carbons (Fsp3) is 0.400. The minimum absolute atomic E-state index is 0.307. The second kappa shape index (κ2) is 4.02. The van der Waals surface area contributed by atoms with Crippen molar-refractivity contribution in [3.63, 3.8) is 0 Å². The van der Waals surface area contributed by atoms with Gasteiger partial charge in [-0.05, 0) is 36.5 Å². The molecule has 2 heterocycles. The molecule has 17 heavy (non-hydrogen) atoms. The number of hydrogen-bond acceptors (Lipinski definition) is 1. The molecule has 2 heteroatoms. The van der Waals surface area contributed by atoms with E-state index in [4.69, 9.17) is 0 Å². The van der Waals surface area contributed by atoms with Crippen LogP contribution < -0.4 is 0 Å². The largest absolute Gasteiger partial charge is 0.332 e. The Balaban J connectivity index is 2.07. The SMILES string of the molecule is CC1=CC2CCCC(=O)N2Cc2ccccc21. The van der Waals surface area contributed by atoms with Crippen LogP contribution in [0.4, 0.5) is 0 Å². The summed E-state index contributed by atoms with van der Waals surface area (Å²) in [5, 5.41) is 0. The Morgan fingerprint density at radius 2 is 2.12 bits per heavy atom. The number of allylic oxidation sites excluding steroid dienone is 1. The first-order valence-corrected chi connectivity index (χ1v) is 6.32. The first-order chi connectivity index (χ1) is 8.25. The first kappa shape index (κ1) is 10.6. The molecule has 0 spiro atoms. The van der Waals surface area contributed by atoms with Gasteiger partial charge < -0.3 is 4.90 Å². The third kappa shape index (κ3) is 1.78. The molecule has 0 bridgehead atoms. The van der Waals surface area contributed by atoms with E-state index in [1.807, 2.05) is 4.90 Å². The highest BCUT2D eigenvalue weighted by Gasteiger charge is 2.29. The lowest BCUT2D eigenvalue weighted by Crippen LogP contribution is -2.41. The second-order valence-corrected chi connectivity index (χ2v) is 4.99. The van der Waals surface area contributed by atoms with Crippen molar-refractivity contribution in [1.29, 1.82) is 0 Å². The van der Waals surface area contributed by atoms with Crippen LogP contribution in [0.5, 0.6) is 0 Å². The average molecular weight is 227 g/mol. The van der Waals surface area contributed by atoms with Gasteiger partial charge >= 0.3 is 0 Å². The Morgan fingerprint density at radius 1 is 1.29 bits per heavy atom. The molecule has 0 N–H and O–H groups in total. The lowest BCUT2D eigenvalue weighted by Gasteiger charge is -2.33. The highest BCUT2D eigenvalue weighted by molar-refractivity contribution is 5.79. The van der Waals surface area contributed by atoms with Crippen molar-refractivity contribution in [2.45, 2.75) is 38.8 Å². The Kier molecular flexibility index (Phi) is 2.50. The zero-order valence-corrected chi connectivity index (χ0v) is 10.1. The molecule has 3 rings (SSSR count). The first-order valence-electron chi connectivity index (χ1n) is 6.32. The number of carbonyl (C=O) groups is 1. The van der Waals surface area contributed by atoms with Crippen LogP contribution in [0, 0.1) is 0 Å². The van der Waals surface area contributed by atoms with Crippen LogP contribution in [0.2, 0.25) is 0 Å². The fourth-order valence-corrected chi connectivity index (χ4v) is 2.93. The van der Waals surface area contributed by atoms with Crippen molar-refractivity contribution in [1.82, 2.24) is 4.90 Å². The number of benzene rings is 1. The molecule has 0 aliphatic carbocycles. The quantitative estimate of drug-likeness (QED) is 0.667. The molecule has 1 amide bonds. The van der Waals surface area contributed by atoms with Gasteiger partial charge in [-0.25, -0.2) is 0 Å². The monoisotopic (exact) mass is 227 g/mol. The molecule has 0 saturated carbocycles. The maximum atomic E-state index is 12.0. The maximum absolute atomic E-state index is 12.0. The standard InChI is InChI=1S/C15H17NO/c1-11-9-13-6-4-8-15(17)16(13)10-12-5-2-3-7-14(11)12/h2-3,5,7,9,13H,4,6,8,10H2,1H3. The zero-order valence-electron chi connectivity index (χ0n) is 10.1. The highest BCUT2D eigenvalue weighted by atomic mass is 16.2. The summed E-state index contributed by atoms with van der Waals surface area (Å²) < 4.78 is 0. The molecule has 1 saturated heterocycles. The molecular formula is C15H17NO. The Bertz CT molecular complexity index is 489. The van der Waals surface area contributed by atoms with E-state index < -0.39 is 0 Å². The Hall–Kier alpha value is -1.57. The molecule has 2 aliphatic heterocycles. The van der Waals surface area contributed by atoms with Crippen molar-refractivity contribution in [2.75, 3.05) is 0 Å². The summed E-state index contributed by atoms with van der Waals surface area (Å²) in [6.45, 7) is 2.93. The zero-order chi connectivity index (χ0) is 11.8. The minimum Gasteiger partial charge on any atom is -0.332 e. The fourth-order valence-electron chi connectivity index (χ4n) is 2.93. The minimum atomic E-state index is 0.307. The summed E-state index contributed by atoms with van der Waals surface area (Å²) in [5.41, 5.74) is 3.89. The number of hydrogen-bond donors (Lipinski definition) is 0.